The van der Waals surface area contributed by atoms with Gasteiger partial charge in [0.05, 0.1) is 12.2 Å². The summed E-state index contributed by atoms with van der Waals surface area (Å²) in [4.78, 5) is 40.5. The van der Waals surface area contributed by atoms with Crippen LogP contribution in [0.3, 0.4) is 0 Å². The highest BCUT2D eigenvalue weighted by Gasteiger charge is 2.59. The monoisotopic (exact) mass is 575 g/mol. The van der Waals surface area contributed by atoms with Crippen LogP contribution >= 0.6 is 45.8 Å². The van der Waals surface area contributed by atoms with E-state index in [1.54, 1.807) is 31.3 Å². The number of carbonyl (C=O) groups is 3. The van der Waals surface area contributed by atoms with Crippen molar-refractivity contribution < 1.29 is 14.4 Å². The van der Waals surface area contributed by atoms with E-state index in [4.69, 9.17) is 34.7 Å². The lowest BCUT2D eigenvalue weighted by molar-refractivity contribution is -0.120. The number of hydrogen-bond donors (Lipinski definition) is 3. The molecule has 0 aliphatic carbocycles. The highest BCUT2D eigenvalue weighted by molar-refractivity contribution is 14.1. The molecule has 5 N–H and O–H groups in total. The number of benzene rings is 2. The maximum Gasteiger partial charge on any atom is 0.332 e. The molecule has 2 aromatic carbocycles. The standard InChI is InChI=1S/C20H20Cl2IN5O3/c1-27-19(31)28(15-7-12(21)6-13(22)8-15)18(30)20(27,23)16(9-26-10-17(25)29)11-2-4-14(24)5-3-11/h2-8,16,26H,9-10,24H2,1H3,(H2,25,29)/t16-,20+/m0/s1. The van der Waals surface area contributed by atoms with Gasteiger partial charge < -0.3 is 21.7 Å². The highest BCUT2D eigenvalue weighted by atomic mass is 127. The molecule has 0 unspecified atom stereocenters. The predicted octanol–water partition coefficient (Wildman–Crippen LogP) is 2.96. The summed E-state index contributed by atoms with van der Waals surface area (Å²) < 4.78 is -1.30. The van der Waals surface area contributed by atoms with Gasteiger partial charge in [0, 0.05) is 35.2 Å². The number of nitrogens with one attached hydrogen (secondary N) is 1. The summed E-state index contributed by atoms with van der Waals surface area (Å²) in [5.41, 5.74) is 12.7. The van der Waals surface area contributed by atoms with Crippen LogP contribution < -0.4 is 21.7 Å². The van der Waals surface area contributed by atoms with E-state index in [2.05, 4.69) is 5.32 Å². The van der Waals surface area contributed by atoms with Gasteiger partial charge in [-0.1, -0.05) is 35.3 Å². The van der Waals surface area contributed by atoms with Crippen LogP contribution in [0.4, 0.5) is 16.2 Å². The Morgan fingerprint density at radius 3 is 2.29 bits per heavy atom. The fraction of sp³-hybridized carbons (Fsp3) is 0.250. The van der Waals surface area contributed by atoms with Gasteiger partial charge in [-0.2, -0.15) is 0 Å². The van der Waals surface area contributed by atoms with Crippen molar-refractivity contribution in [3.63, 3.8) is 0 Å². The fourth-order valence-electron chi connectivity index (χ4n) is 3.50. The molecule has 1 heterocycles. The molecule has 0 radical (unpaired) electrons. The number of primary amides is 1. The number of likely N-dealkylation sites (N-methyl/N-ethyl adjacent to an activating group) is 1. The van der Waals surface area contributed by atoms with E-state index in [9.17, 15) is 14.4 Å². The SMILES string of the molecule is CN1C(=O)N(c2cc(Cl)cc(Cl)c2)C(=O)[C@@]1(I)[C@@H](CNCC(N)=O)c1ccc(N)cc1. The second-order valence-electron chi connectivity index (χ2n) is 7.10. The number of urea groups is 1. The molecule has 1 fully saturated rings. The summed E-state index contributed by atoms with van der Waals surface area (Å²) in [7, 11) is 1.55. The number of rotatable bonds is 7. The molecule has 1 aliphatic rings. The van der Waals surface area contributed by atoms with Crippen LogP contribution in [0.1, 0.15) is 11.5 Å². The van der Waals surface area contributed by atoms with Crippen molar-refractivity contribution in [1.82, 2.24) is 10.2 Å². The maximum absolute atomic E-state index is 13.7. The number of carbonyl (C=O) groups excluding carboxylic acids is 3. The van der Waals surface area contributed by atoms with Crippen LogP contribution in [0.25, 0.3) is 0 Å². The Kier molecular flexibility index (Phi) is 6.99. The lowest BCUT2D eigenvalue weighted by Gasteiger charge is -2.35. The molecule has 2 aromatic rings. The number of hydrogen-bond acceptors (Lipinski definition) is 5. The van der Waals surface area contributed by atoms with Crippen LogP contribution in [0.2, 0.25) is 10.0 Å². The highest BCUT2D eigenvalue weighted by Crippen LogP contribution is 2.46. The number of anilines is 2. The van der Waals surface area contributed by atoms with Crippen molar-refractivity contribution in [3.8, 4) is 0 Å². The number of amides is 4. The van der Waals surface area contributed by atoms with Gasteiger partial charge in [-0.25, -0.2) is 9.69 Å². The van der Waals surface area contributed by atoms with Crippen molar-refractivity contribution >= 4 is 75.0 Å². The summed E-state index contributed by atoms with van der Waals surface area (Å²) in [5, 5.41) is 3.57. The molecule has 1 aliphatic heterocycles. The molecule has 0 aromatic heterocycles. The maximum atomic E-state index is 13.7. The van der Waals surface area contributed by atoms with Crippen molar-refractivity contribution in [2.75, 3.05) is 30.8 Å². The summed E-state index contributed by atoms with van der Waals surface area (Å²) in [6.45, 7) is 0.140. The third-order valence-electron chi connectivity index (χ3n) is 5.02. The molecule has 164 valence electrons. The number of alkyl halides is 1. The largest absolute Gasteiger partial charge is 0.399 e. The third kappa shape index (κ3) is 4.59. The molecule has 0 spiro atoms. The summed E-state index contributed by atoms with van der Waals surface area (Å²) in [6.07, 6.45) is 0. The van der Waals surface area contributed by atoms with Gasteiger partial charge in [-0.05, 0) is 58.5 Å². The number of nitrogen functional groups attached to an aromatic ring is 1. The van der Waals surface area contributed by atoms with Gasteiger partial charge in [0.2, 0.25) is 5.91 Å². The first kappa shape index (κ1) is 23.6. The first-order valence-corrected chi connectivity index (χ1v) is 11.0. The van der Waals surface area contributed by atoms with E-state index in [0.29, 0.717) is 15.7 Å². The molecule has 3 rings (SSSR count). The fourth-order valence-corrected chi connectivity index (χ4v) is 5.04. The minimum atomic E-state index is -1.30. The molecule has 4 amide bonds. The average Bonchev–Trinajstić information content (AvgIpc) is 2.86. The zero-order valence-corrected chi connectivity index (χ0v) is 20.1. The second-order valence-corrected chi connectivity index (χ2v) is 9.62. The van der Waals surface area contributed by atoms with Gasteiger partial charge in [0.15, 0.2) is 3.55 Å². The van der Waals surface area contributed by atoms with Crippen molar-refractivity contribution in [2.45, 2.75) is 9.46 Å². The Bertz CT molecular complexity index is 1020. The summed E-state index contributed by atoms with van der Waals surface area (Å²) in [6, 6.07) is 11.0. The summed E-state index contributed by atoms with van der Waals surface area (Å²) in [5.74, 6) is -1.51. The van der Waals surface area contributed by atoms with Crippen molar-refractivity contribution in [3.05, 3.63) is 58.1 Å². The lowest BCUT2D eigenvalue weighted by atomic mass is 9.90. The van der Waals surface area contributed by atoms with E-state index in [-0.39, 0.29) is 18.8 Å². The zero-order chi connectivity index (χ0) is 22.9. The minimum Gasteiger partial charge on any atom is -0.399 e. The molecule has 11 heteroatoms. The van der Waals surface area contributed by atoms with E-state index in [1.165, 1.54) is 23.1 Å². The second kappa shape index (κ2) is 9.19. The van der Waals surface area contributed by atoms with Crippen molar-refractivity contribution in [1.29, 1.82) is 0 Å². The molecule has 0 saturated carbocycles. The quantitative estimate of drug-likeness (QED) is 0.154. The Morgan fingerprint density at radius 1 is 1.16 bits per heavy atom. The van der Waals surface area contributed by atoms with Crippen LogP contribution in [-0.2, 0) is 9.59 Å². The molecule has 0 bridgehead atoms. The molecule has 2 atom stereocenters. The van der Waals surface area contributed by atoms with E-state index >= 15 is 0 Å². The van der Waals surface area contributed by atoms with Gasteiger partial charge in [0.1, 0.15) is 0 Å². The average molecular weight is 576 g/mol. The van der Waals surface area contributed by atoms with Gasteiger partial charge in [-0.3, -0.25) is 9.59 Å². The van der Waals surface area contributed by atoms with Gasteiger partial charge in [-0.15, -0.1) is 0 Å². The first-order chi connectivity index (χ1) is 14.6. The van der Waals surface area contributed by atoms with Crippen molar-refractivity contribution in [2.24, 2.45) is 5.73 Å². The van der Waals surface area contributed by atoms with Gasteiger partial charge >= 0.3 is 6.03 Å². The Hall–Kier alpha value is -2.08. The van der Waals surface area contributed by atoms with E-state index in [1.807, 2.05) is 22.6 Å². The predicted molar refractivity (Wildman–Crippen MR) is 130 cm³/mol. The summed E-state index contributed by atoms with van der Waals surface area (Å²) >= 11 is 14.2. The lowest BCUT2D eigenvalue weighted by Crippen LogP contribution is -2.50. The number of imide groups is 1. The number of halogens is 3. The molecular weight excluding hydrogens is 556 g/mol. The topological polar surface area (TPSA) is 122 Å². The Balaban J connectivity index is 2.05. The molecule has 31 heavy (non-hydrogen) atoms. The van der Waals surface area contributed by atoms with E-state index in [0.717, 1.165) is 10.5 Å². The van der Waals surface area contributed by atoms with Gasteiger partial charge in [0.25, 0.3) is 5.91 Å². The number of nitrogens with two attached hydrogens (primary N) is 2. The minimum absolute atomic E-state index is 0.0718. The molecular formula is C20H20Cl2IN5O3. The first-order valence-electron chi connectivity index (χ1n) is 9.17. The normalized spacial score (nSPS) is 19.7. The van der Waals surface area contributed by atoms with Crippen LogP contribution in [0, 0.1) is 0 Å². The zero-order valence-electron chi connectivity index (χ0n) is 16.4. The molecule has 1 saturated heterocycles. The van der Waals surface area contributed by atoms with Crippen LogP contribution in [-0.4, -0.2) is 46.4 Å². The Labute approximate surface area is 203 Å². The smallest absolute Gasteiger partial charge is 0.332 e. The Morgan fingerprint density at radius 2 is 1.74 bits per heavy atom. The molecule has 8 nitrogen and oxygen atoms in total. The van der Waals surface area contributed by atoms with E-state index < -0.39 is 27.3 Å². The van der Waals surface area contributed by atoms with Crippen LogP contribution in [0.5, 0.6) is 0 Å². The van der Waals surface area contributed by atoms with Crippen LogP contribution in [0.15, 0.2) is 42.5 Å². The number of nitrogens with zero attached hydrogens (tertiary/aromatic N) is 2. The third-order valence-corrected chi connectivity index (χ3v) is 7.40.